The number of carboxylic acid groups (broad SMARTS) is 1. The number of benzene rings is 1. The van der Waals surface area contributed by atoms with E-state index in [-0.39, 0.29) is 12.1 Å². The third kappa shape index (κ3) is 3.99. The quantitative estimate of drug-likeness (QED) is 0.745. The van der Waals surface area contributed by atoms with Gasteiger partial charge in [-0.3, -0.25) is 4.79 Å². The molecular weight excluding hydrogens is 280 g/mol. The molecule has 1 aliphatic carbocycles. The monoisotopic (exact) mass is 294 g/mol. The minimum Gasteiger partial charge on any atom is -0.481 e. The zero-order chi connectivity index (χ0) is 14.5. The maximum absolute atomic E-state index is 11.7. The van der Waals surface area contributed by atoms with Crippen LogP contribution in [-0.2, 0) is 11.3 Å². The smallest absolute Gasteiger partial charge is 0.315 e. The molecule has 0 aromatic heterocycles. The molecule has 0 bridgehead atoms. The number of hydrogen-bond acceptors (Lipinski definition) is 2. The molecule has 0 aliphatic heterocycles. The zero-order valence-corrected chi connectivity index (χ0v) is 11.4. The highest BCUT2D eigenvalue weighted by Gasteiger charge is 2.25. The molecule has 1 aromatic rings. The summed E-state index contributed by atoms with van der Waals surface area (Å²) in [5.74, 6) is -1.39. The van der Waals surface area contributed by atoms with Crippen LogP contribution in [0.4, 0.5) is 4.79 Å². The Morgan fingerprint density at radius 2 is 1.95 bits per heavy atom. The highest BCUT2D eigenvalue weighted by molar-refractivity contribution is 6.30. The number of rotatable bonds is 4. The van der Waals surface area contributed by atoms with Gasteiger partial charge in [-0.05, 0) is 24.1 Å². The van der Waals surface area contributed by atoms with Gasteiger partial charge in [-0.1, -0.05) is 35.9 Å². The minimum atomic E-state index is -0.868. The summed E-state index contributed by atoms with van der Waals surface area (Å²) in [5.41, 5.74) is 0.940. The summed E-state index contributed by atoms with van der Waals surface area (Å²) in [7, 11) is 0. The molecule has 0 spiro atoms. The van der Waals surface area contributed by atoms with Crippen molar-refractivity contribution in [2.75, 3.05) is 0 Å². The van der Waals surface area contributed by atoms with E-state index in [2.05, 4.69) is 10.6 Å². The van der Waals surface area contributed by atoms with Crippen molar-refractivity contribution < 1.29 is 14.7 Å². The summed E-state index contributed by atoms with van der Waals surface area (Å²) in [4.78, 5) is 22.5. The summed E-state index contributed by atoms with van der Waals surface area (Å²) in [6.07, 6.45) is 3.71. The largest absolute Gasteiger partial charge is 0.481 e. The Morgan fingerprint density at radius 1 is 1.25 bits per heavy atom. The molecule has 6 heteroatoms. The van der Waals surface area contributed by atoms with E-state index in [4.69, 9.17) is 16.7 Å². The molecule has 0 fully saturated rings. The highest BCUT2D eigenvalue weighted by atomic mass is 35.5. The Hall–Kier alpha value is -2.01. The normalized spacial score (nSPS) is 20.6. The number of carboxylic acids is 1. The molecule has 2 unspecified atom stereocenters. The maximum atomic E-state index is 11.7. The van der Waals surface area contributed by atoms with Crippen LogP contribution in [0.15, 0.2) is 36.4 Å². The molecule has 106 valence electrons. The molecule has 3 N–H and O–H groups in total. The molecular formula is C14H15ClN2O3. The molecule has 2 rings (SSSR count). The van der Waals surface area contributed by atoms with Crippen molar-refractivity contribution in [3.8, 4) is 0 Å². The maximum Gasteiger partial charge on any atom is 0.315 e. The van der Waals surface area contributed by atoms with Crippen LogP contribution in [0, 0.1) is 5.92 Å². The molecule has 0 saturated carbocycles. The van der Waals surface area contributed by atoms with E-state index in [1.54, 1.807) is 24.3 Å². The fourth-order valence-electron chi connectivity index (χ4n) is 1.99. The first-order valence-corrected chi connectivity index (χ1v) is 6.62. The van der Waals surface area contributed by atoms with Gasteiger partial charge in [-0.15, -0.1) is 0 Å². The van der Waals surface area contributed by atoms with Crippen molar-refractivity contribution in [1.29, 1.82) is 0 Å². The van der Waals surface area contributed by atoms with Gasteiger partial charge >= 0.3 is 12.0 Å². The second kappa shape index (κ2) is 6.43. The van der Waals surface area contributed by atoms with Crippen molar-refractivity contribution in [2.45, 2.75) is 19.0 Å². The molecule has 5 nitrogen and oxygen atoms in total. The van der Waals surface area contributed by atoms with Crippen LogP contribution >= 0.6 is 11.6 Å². The Morgan fingerprint density at radius 3 is 2.55 bits per heavy atom. The fourth-order valence-corrected chi connectivity index (χ4v) is 2.12. The van der Waals surface area contributed by atoms with E-state index in [1.807, 2.05) is 12.1 Å². The highest BCUT2D eigenvalue weighted by Crippen LogP contribution is 2.17. The fraction of sp³-hybridized carbons (Fsp3) is 0.286. The number of aliphatic carboxylic acids is 1. The van der Waals surface area contributed by atoms with Crippen LogP contribution in [0.2, 0.25) is 5.02 Å². The van der Waals surface area contributed by atoms with Crippen LogP contribution in [-0.4, -0.2) is 23.1 Å². The van der Waals surface area contributed by atoms with Gasteiger partial charge < -0.3 is 15.7 Å². The third-order valence-electron chi connectivity index (χ3n) is 3.08. The van der Waals surface area contributed by atoms with E-state index < -0.39 is 11.9 Å². The van der Waals surface area contributed by atoms with Crippen molar-refractivity contribution >= 4 is 23.6 Å². The number of nitrogens with one attached hydrogen (secondary N) is 2. The summed E-state index contributed by atoms with van der Waals surface area (Å²) < 4.78 is 0. The average Bonchev–Trinajstić information content (AvgIpc) is 2.87. The summed E-state index contributed by atoms with van der Waals surface area (Å²) in [6.45, 7) is 0.391. The molecule has 0 saturated heterocycles. The van der Waals surface area contributed by atoms with Crippen molar-refractivity contribution in [3.05, 3.63) is 47.0 Å². The predicted molar refractivity (Wildman–Crippen MR) is 75.5 cm³/mol. The lowest BCUT2D eigenvalue weighted by Gasteiger charge is -2.13. The van der Waals surface area contributed by atoms with Gasteiger partial charge in [0.2, 0.25) is 0 Å². The number of urea groups is 1. The van der Waals surface area contributed by atoms with Crippen LogP contribution < -0.4 is 10.6 Å². The topological polar surface area (TPSA) is 78.4 Å². The lowest BCUT2D eigenvalue weighted by atomic mass is 10.1. The predicted octanol–water partition coefficient (Wildman–Crippen LogP) is 2.17. The Labute approximate surface area is 121 Å². The third-order valence-corrected chi connectivity index (χ3v) is 3.34. The van der Waals surface area contributed by atoms with Gasteiger partial charge in [0.15, 0.2) is 0 Å². The van der Waals surface area contributed by atoms with Crippen molar-refractivity contribution in [1.82, 2.24) is 10.6 Å². The van der Waals surface area contributed by atoms with Gasteiger partial charge in [-0.2, -0.15) is 0 Å². The lowest BCUT2D eigenvalue weighted by Crippen LogP contribution is -2.40. The zero-order valence-electron chi connectivity index (χ0n) is 10.7. The molecule has 2 amide bonds. The number of amides is 2. The Bertz CT molecular complexity index is 528. The second-order valence-corrected chi connectivity index (χ2v) is 5.06. The van der Waals surface area contributed by atoms with Gasteiger partial charge in [0, 0.05) is 11.6 Å². The lowest BCUT2D eigenvalue weighted by molar-refractivity contribution is -0.140. The minimum absolute atomic E-state index is 0.235. The van der Waals surface area contributed by atoms with Gasteiger partial charge in [0.25, 0.3) is 0 Å². The van der Waals surface area contributed by atoms with E-state index in [9.17, 15) is 9.59 Å². The number of halogens is 1. The van der Waals surface area contributed by atoms with Crippen LogP contribution in [0.3, 0.4) is 0 Å². The molecule has 1 aromatic carbocycles. The van der Waals surface area contributed by atoms with Crippen molar-refractivity contribution in [2.24, 2.45) is 5.92 Å². The average molecular weight is 295 g/mol. The summed E-state index contributed by atoms with van der Waals surface area (Å²) in [6, 6.07) is 6.63. The first-order valence-electron chi connectivity index (χ1n) is 6.24. The Kier molecular flexibility index (Phi) is 4.63. The Balaban J connectivity index is 1.75. The van der Waals surface area contributed by atoms with Crippen molar-refractivity contribution in [3.63, 3.8) is 0 Å². The molecule has 1 aliphatic rings. The van der Waals surface area contributed by atoms with Crippen LogP contribution in [0.1, 0.15) is 12.0 Å². The van der Waals surface area contributed by atoms with Gasteiger partial charge in [0.05, 0.1) is 12.0 Å². The number of carbonyl (C=O) groups is 2. The molecule has 0 radical (unpaired) electrons. The number of carbonyl (C=O) groups excluding carboxylic acids is 1. The summed E-state index contributed by atoms with van der Waals surface area (Å²) in [5, 5.41) is 14.9. The van der Waals surface area contributed by atoms with Gasteiger partial charge in [0.1, 0.15) is 0 Å². The summed E-state index contributed by atoms with van der Waals surface area (Å²) >= 11 is 5.77. The first kappa shape index (κ1) is 14.4. The molecule has 20 heavy (non-hydrogen) atoms. The molecule has 0 heterocycles. The first-order chi connectivity index (χ1) is 9.54. The van der Waals surface area contributed by atoms with Crippen LogP contribution in [0.25, 0.3) is 0 Å². The standard InChI is InChI=1S/C14H15ClN2O3/c15-11-4-1-9(2-5-11)8-16-14(20)17-12-6-3-10(7-12)13(18)19/h1-6,10,12H,7-8H2,(H,18,19)(H2,16,17,20). The van der Waals surface area contributed by atoms with E-state index in [0.717, 1.165) is 5.56 Å². The number of hydrogen-bond donors (Lipinski definition) is 3. The SMILES string of the molecule is O=C(NCc1ccc(Cl)cc1)NC1C=CC(C(=O)O)C1. The van der Waals surface area contributed by atoms with E-state index >= 15 is 0 Å². The van der Waals surface area contributed by atoms with E-state index in [1.165, 1.54) is 0 Å². The van der Waals surface area contributed by atoms with Crippen LogP contribution in [0.5, 0.6) is 0 Å². The van der Waals surface area contributed by atoms with Gasteiger partial charge in [-0.25, -0.2) is 4.79 Å². The second-order valence-electron chi connectivity index (χ2n) is 4.63. The van der Waals surface area contributed by atoms with E-state index in [0.29, 0.717) is 18.0 Å². The molecule has 2 atom stereocenters.